The van der Waals surface area contributed by atoms with Gasteiger partial charge in [-0.1, -0.05) is 12.1 Å². The molecule has 0 aromatic heterocycles. The summed E-state index contributed by atoms with van der Waals surface area (Å²) in [4.78, 5) is 14.0. The zero-order valence-corrected chi connectivity index (χ0v) is 12.6. The quantitative estimate of drug-likeness (QED) is 0.861. The minimum absolute atomic E-state index is 0.0498. The number of rotatable bonds is 6. The minimum atomic E-state index is 0.0498. The minimum Gasteiger partial charge on any atom is -0.484 e. The summed E-state index contributed by atoms with van der Waals surface area (Å²) in [7, 11) is 1.72. The van der Waals surface area contributed by atoms with Crippen LogP contribution in [0.2, 0.25) is 0 Å². The van der Waals surface area contributed by atoms with Crippen molar-refractivity contribution in [1.29, 1.82) is 0 Å². The molecule has 0 spiro atoms. The highest BCUT2D eigenvalue weighted by Gasteiger charge is 2.22. The lowest BCUT2D eigenvalue weighted by atomic mass is 9.98. The first kappa shape index (κ1) is 15.8. The summed E-state index contributed by atoms with van der Waals surface area (Å²) in [5.41, 5.74) is 6.59. The van der Waals surface area contributed by atoms with Gasteiger partial charge in [-0.15, -0.1) is 0 Å². The molecule has 5 heteroatoms. The van der Waals surface area contributed by atoms with E-state index in [0.717, 1.165) is 38.1 Å². The van der Waals surface area contributed by atoms with Crippen LogP contribution in [0, 0.1) is 5.92 Å². The Morgan fingerprint density at radius 2 is 1.95 bits per heavy atom. The Hall–Kier alpha value is -1.59. The summed E-state index contributed by atoms with van der Waals surface area (Å²) in [5, 5.41) is 0. The fourth-order valence-corrected chi connectivity index (χ4v) is 2.54. The van der Waals surface area contributed by atoms with Crippen LogP contribution in [0.5, 0.6) is 5.75 Å². The lowest BCUT2D eigenvalue weighted by molar-refractivity contribution is -0.135. The molecule has 0 radical (unpaired) electrons. The Kier molecular flexibility index (Phi) is 6.02. The summed E-state index contributed by atoms with van der Waals surface area (Å²) in [6.07, 6.45) is 2.01. The number of carbonyl (C=O) groups excluding carboxylic acids is 1. The predicted molar refractivity (Wildman–Crippen MR) is 81.0 cm³/mol. The van der Waals surface area contributed by atoms with Gasteiger partial charge in [-0.2, -0.15) is 0 Å². The van der Waals surface area contributed by atoms with Crippen molar-refractivity contribution in [2.75, 3.05) is 33.4 Å². The predicted octanol–water partition coefficient (Wildman–Crippen LogP) is 1.41. The van der Waals surface area contributed by atoms with E-state index in [4.69, 9.17) is 15.2 Å². The number of likely N-dealkylation sites (tertiary alicyclic amines) is 1. The summed E-state index contributed by atoms with van der Waals surface area (Å²) in [6.45, 7) is 2.98. The number of carbonyl (C=O) groups is 1. The third-order valence-corrected chi connectivity index (χ3v) is 3.89. The van der Waals surface area contributed by atoms with Gasteiger partial charge in [-0.3, -0.25) is 4.79 Å². The van der Waals surface area contributed by atoms with E-state index in [1.165, 1.54) is 0 Å². The van der Waals surface area contributed by atoms with E-state index in [1.807, 2.05) is 29.2 Å². The van der Waals surface area contributed by atoms with E-state index < -0.39 is 0 Å². The average molecular weight is 292 g/mol. The molecule has 1 saturated heterocycles. The molecule has 21 heavy (non-hydrogen) atoms. The standard InChI is InChI=1S/C16H24N2O3/c1-20-11-14-6-8-18(9-7-14)16(19)12-21-15-4-2-13(10-17)3-5-15/h2-5,14H,6-12,17H2,1H3. The highest BCUT2D eigenvalue weighted by Crippen LogP contribution is 2.18. The lowest BCUT2D eigenvalue weighted by Crippen LogP contribution is -2.41. The molecule has 1 fully saturated rings. The topological polar surface area (TPSA) is 64.8 Å². The molecule has 0 aliphatic carbocycles. The first-order valence-corrected chi connectivity index (χ1v) is 7.41. The van der Waals surface area contributed by atoms with Crippen molar-refractivity contribution in [2.45, 2.75) is 19.4 Å². The van der Waals surface area contributed by atoms with Crippen LogP contribution in [-0.4, -0.2) is 44.2 Å². The molecule has 1 amide bonds. The fraction of sp³-hybridized carbons (Fsp3) is 0.562. The zero-order chi connectivity index (χ0) is 15.1. The van der Waals surface area contributed by atoms with Crippen LogP contribution < -0.4 is 10.5 Å². The van der Waals surface area contributed by atoms with Gasteiger partial charge in [0.2, 0.25) is 0 Å². The van der Waals surface area contributed by atoms with Crippen molar-refractivity contribution in [3.05, 3.63) is 29.8 Å². The van der Waals surface area contributed by atoms with Crippen LogP contribution >= 0.6 is 0 Å². The average Bonchev–Trinajstić information content (AvgIpc) is 2.54. The molecule has 1 aromatic carbocycles. The van der Waals surface area contributed by atoms with Gasteiger partial charge in [-0.25, -0.2) is 0 Å². The Balaban J connectivity index is 1.74. The number of nitrogens with zero attached hydrogens (tertiary/aromatic N) is 1. The smallest absolute Gasteiger partial charge is 0.260 e. The van der Waals surface area contributed by atoms with E-state index in [2.05, 4.69) is 0 Å². The van der Waals surface area contributed by atoms with Crippen molar-refractivity contribution < 1.29 is 14.3 Å². The number of hydrogen-bond donors (Lipinski definition) is 1. The fourth-order valence-electron chi connectivity index (χ4n) is 2.54. The van der Waals surface area contributed by atoms with Crippen molar-refractivity contribution in [2.24, 2.45) is 11.7 Å². The van der Waals surface area contributed by atoms with Gasteiger partial charge in [0.05, 0.1) is 0 Å². The van der Waals surface area contributed by atoms with Gasteiger partial charge < -0.3 is 20.1 Å². The van der Waals surface area contributed by atoms with E-state index >= 15 is 0 Å². The van der Waals surface area contributed by atoms with Crippen molar-refractivity contribution in [1.82, 2.24) is 4.90 Å². The number of ether oxygens (including phenoxy) is 2. The monoisotopic (exact) mass is 292 g/mol. The Labute approximate surface area is 126 Å². The van der Waals surface area contributed by atoms with Crippen LogP contribution in [0.4, 0.5) is 0 Å². The molecular formula is C16H24N2O3. The van der Waals surface area contributed by atoms with Crippen molar-refractivity contribution in [3.63, 3.8) is 0 Å². The number of amides is 1. The number of nitrogens with two attached hydrogens (primary N) is 1. The van der Waals surface area contributed by atoms with Crippen molar-refractivity contribution in [3.8, 4) is 5.75 Å². The first-order chi connectivity index (χ1) is 10.2. The summed E-state index contributed by atoms with van der Waals surface area (Å²) >= 11 is 0. The second kappa shape index (κ2) is 8.00. The van der Waals surface area contributed by atoms with Gasteiger partial charge in [0.15, 0.2) is 6.61 Å². The largest absolute Gasteiger partial charge is 0.484 e. The van der Waals surface area contributed by atoms with Gasteiger partial charge >= 0.3 is 0 Å². The van der Waals surface area contributed by atoms with E-state index in [-0.39, 0.29) is 12.5 Å². The highest BCUT2D eigenvalue weighted by molar-refractivity contribution is 5.77. The summed E-state index contributed by atoms with van der Waals surface area (Å²) < 4.78 is 10.7. The molecule has 0 unspecified atom stereocenters. The van der Waals surface area contributed by atoms with E-state index in [1.54, 1.807) is 7.11 Å². The third-order valence-electron chi connectivity index (χ3n) is 3.89. The molecule has 1 aliphatic rings. The van der Waals surface area contributed by atoms with Crippen molar-refractivity contribution >= 4 is 5.91 Å². The molecule has 2 N–H and O–H groups in total. The molecule has 1 heterocycles. The molecule has 5 nitrogen and oxygen atoms in total. The number of piperidine rings is 1. The molecular weight excluding hydrogens is 268 g/mol. The maximum atomic E-state index is 12.1. The van der Waals surface area contributed by atoms with Crippen LogP contribution in [-0.2, 0) is 16.1 Å². The van der Waals surface area contributed by atoms with Crippen LogP contribution in [0.15, 0.2) is 24.3 Å². The summed E-state index contributed by atoms with van der Waals surface area (Å²) in [6, 6.07) is 7.52. The zero-order valence-electron chi connectivity index (χ0n) is 12.6. The molecule has 1 aliphatic heterocycles. The molecule has 116 valence electrons. The Morgan fingerprint density at radius 3 is 2.52 bits per heavy atom. The van der Waals surface area contributed by atoms with Crippen LogP contribution in [0.1, 0.15) is 18.4 Å². The second-order valence-corrected chi connectivity index (χ2v) is 5.42. The highest BCUT2D eigenvalue weighted by atomic mass is 16.5. The molecule has 0 bridgehead atoms. The molecule has 0 saturated carbocycles. The molecule has 2 rings (SSSR count). The van der Waals surface area contributed by atoms with Gasteiger partial charge in [0, 0.05) is 33.4 Å². The molecule has 0 atom stereocenters. The first-order valence-electron chi connectivity index (χ1n) is 7.41. The van der Waals surface area contributed by atoms with E-state index in [9.17, 15) is 4.79 Å². The van der Waals surface area contributed by atoms with Crippen LogP contribution in [0.25, 0.3) is 0 Å². The SMILES string of the molecule is COCC1CCN(C(=O)COc2ccc(CN)cc2)CC1. The lowest BCUT2D eigenvalue weighted by Gasteiger charge is -2.31. The molecule has 1 aromatic rings. The number of methoxy groups -OCH3 is 1. The Morgan fingerprint density at radius 1 is 1.29 bits per heavy atom. The van der Waals surface area contributed by atoms with Crippen LogP contribution in [0.3, 0.4) is 0 Å². The van der Waals surface area contributed by atoms with E-state index in [0.29, 0.717) is 18.2 Å². The number of benzene rings is 1. The van der Waals surface area contributed by atoms with Gasteiger partial charge in [0.1, 0.15) is 5.75 Å². The summed E-state index contributed by atoms with van der Waals surface area (Å²) in [5.74, 6) is 1.33. The Bertz CT molecular complexity index is 439. The maximum absolute atomic E-state index is 12.1. The third kappa shape index (κ3) is 4.72. The maximum Gasteiger partial charge on any atom is 0.260 e. The normalized spacial score (nSPS) is 16.0. The van der Waals surface area contributed by atoms with Gasteiger partial charge in [-0.05, 0) is 36.5 Å². The van der Waals surface area contributed by atoms with Gasteiger partial charge in [0.25, 0.3) is 5.91 Å². The second-order valence-electron chi connectivity index (χ2n) is 5.42. The number of hydrogen-bond acceptors (Lipinski definition) is 4.